The maximum Gasteiger partial charge on any atom is 0.238 e. The third kappa shape index (κ3) is 4.52. The van der Waals surface area contributed by atoms with Crippen molar-refractivity contribution >= 4 is 40.2 Å². The van der Waals surface area contributed by atoms with Gasteiger partial charge in [0, 0.05) is 33.8 Å². The fourth-order valence-electron chi connectivity index (χ4n) is 7.75. The van der Waals surface area contributed by atoms with Gasteiger partial charge in [0.05, 0.1) is 24.1 Å². The Morgan fingerprint density at radius 2 is 1.70 bits per heavy atom. The zero-order chi connectivity index (χ0) is 32.4. The van der Waals surface area contributed by atoms with Crippen LogP contribution >= 0.6 is 0 Å². The van der Waals surface area contributed by atoms with Crippen LogP contribution in [0.15, 0.2) is 112 Å². The van der Waals surface area contributed by atoms with Gasteiger partial charge in [0.2, 0.25) is 17.7 Å². The molecule has 1 aliphatic heterocycles. The van der Waals surface area contributed by atoms with Gasteiger partial charge in [-0.05, 0) is 74.2 Å². The number of fused-ring (bicyclic) bond motifs is 4. The summed E-state index contributed by atoms with van der Waals surface area (Å²) in [4.78, 5) is 61.3. The summed E-state index contributed by atoms with van der Waals surface area (Å²) < 4.78 is 11.8. The molecule has 4 atom stereocenters. The quantitative estimate of drug-likeness (QED) is 0.169. The molecule has 2 heterocycles. The first-order valence-electron chi connectivity index (χ1n) is 15.7. The van der Waals surface area contributed by atoms with Crippen molar-refractivity contribution in [3.8, 4) is 17.2 Å². The molecule has 4 aliphatic rings. The molecule has 0 spiro atoms. The second-order valence-corrected chi connectivity index (χ2v) is 12.4. The Balaban J connectivity index is 1.17. The van der Waals surface area contributed by atoms with Crippen LogP contribution in [0.4, 0.5) is 5.69 Å². The number of carbonyl (C=O) groups excluding carboxylic acids is 4. The molecule has 0 saturated carbocycles. The number of anilines is 1. The number of amides is 2. The van der Waals surface area contributed by atoms with Crippen LogP contribution in [0.2, 0.25) is 0 Å². The van der Waals surface area contributed by atoms with E-state index in [1.165, 1.54) is 11.0 Å². The first-order valence-corrected chi connectivity index (χ1v) is 15.7. The number of hydrogen-bond donors (Lipinski definition) is 1. The van der Waals surface area contributed by atoms with E-state index in [0.717, 1.165) is 11.1 Å². The van der Waals surface area contributed by atoms with Crippen LogP contribution in [-0.4, -0.2) is 46.7 Å². The number of Topliss-reactive ketones (excluding diaryl/α,β-unsaturated/α-hetero) is 1. The van der Waals surface area contributed by atoms with E-state index in [-0.39, 0.29) is 43.0 Å². The van der Waals surface area contributed by atoms with Gasteiger partial charge in [-0.1, -0.05) is 42.0 Å². The average Bonchev–Trinajstić information content (AvgIpc) is 3.64. The van der Waals surface area contributed by atoms with Gasteiger partial charge in [-0.3, -0.25) is 24.1 Å². The van der Waals surface area contributed by atoms with Gasteiger partial charge in [-0.2, -0.15) is 0 Å². The van der Waals surface area contributed by atoms with Gasteiger partial charge >= 0.3 is 0 Å². The normalized spacial score (nSPS) is 23.8. The zero-order valence-electron chi connectivity index (χ0n) is 25.5. The van der Waals surface area contributed by atoms with Crippen molar-refractivity contribution in [3.63, 3.8) is 0 Å². The molecular weight excluding hydrogens is 596 g/mol. The van der Waals surface area contributed by atoms with Crippen LogP contribution < -0.4 is 9.64 Å². The summed E-state index contributed by atoms with van der Waals surface area (Å²) in [5.74, 6) is -2.52. The van der Waals surface area contributed by atoms with E-state index in [0.29, 0.717) is 57.2 Å². The molecule has 1 aromatic heterocycles. The lowest BCUT2D eigenvalue weighted by Gasteiger charge is -2.42. The smallest absolute Gasteiger partial charge is 0.238 e. The number of ketones is 2. The van der Waals surface area contributed by atoms with E-state index in [9.17, 15) is 24.3 Å². The first-order chi connectivity index (χ1) is 22.9. The second kappa shape index (κ2) is 11.1. The minimum Gasteiger partial charge on any atom is -0.491 e. The Bertz CT molecular complexity index is 2070. The molecule has 234 valence electrons. The van der Waals surface area contributed by atoms with Crippen molar-refractivity contribution in [2.24, 2.45) is 17.8 Å². The molecule has 4 unspecified atom stereocenters. The highest BCUT2D eigenvalue weighted by atomic mass is 16.5. The summed E-state index contributed by atoms with van der Waals surface area (Å²) in [5.41, 5.74) is 5.23. The summed E-state index contributed by atoms with van der Waals surface area (Å²) in [6.45, 7) is 1.49. The number of hydrogen-bond acceptors (Lipinski definition) is 8. The van der Waals surface area contributed by atoms with Crippen LogP contribution in [0.3, 0.4) is 0 Å². The number of rotatable bonds is 6. The topological polar surface area (TPSA) is 127 Å². The Morgan fingerprint density at radius 3 is 2.49 bits per heavy atom. The van der Waals surface area contributed by atoms with Gasteiger partial charge in [-0.25, -0.2) is 4.98 Å². The number of carbonyl (C=O) groups is 4. The molecule has 47 heavy (non-hydrogen) atoms. The van der Waals surface area contributed by atoms with Crippen molar-refractivity contribution in [2.75, 3.05) is 18.1 Å². The fraction of sp³-hybridized carbons (Fsp3) is 0.237. The highest BCUT2D eigenvalue weighted by molar-refractivity contribution is 6.25. The summed E-state index contributed by atoms with van der Waals surface area (Å²) in [5, 5.41) is 9.45. The third-order valence-corrected chi connectivity index (χ3v) is 9.81. The number of aromatic nitrogens is 1. The van der Waals surface area contributed by atoms with E-state index in [2.05, 4.69) is 4.98 Å². The summed E-state index contributed by atoms with van der Waals surface area (Å²) >= 11 is 0. The molecule has 4 aromatic rings. The highest BCUT2D eigenvalue weighted by Crippen LogP contribution is 2.56. The third-order valence-electron chi connectivity index (χ3n) is 9.81. The predicted molar refractivity (Wildman–Crippen MR) is 172 cm³/mol. The lowest BCUT2D eigenvalue weighted by atomic mass is 9.59. The standard InChI is InChI=1S/C38H30N2O7/c1-20-18-29(42)34-27(35(20)43)19-26-23(32(34)24-6-2-4-8-30(24)46-17-16-41)14-15-25-33(26)38(45)40(37(25)44)22-12-10-21(11-13-22)36-39-28-7-3-5-9-31(28)47-36/h2-14,18,25-26,32-33,41H,15-17,19H2,1H3. The monoisotopic (exact) mass is 626 g/mol. The largest absolute Gasteiger partial charge is 0.491 e. The second-order valence-electron chi connectivity index (χ2n) is 12.4. The predicted octanol–water partition coefficient (Wildman–Crippen LogP) is 5.50. The number of aliphatic hydroxyl groups excluding tert-OH is 1. The Labute approximate surface area is 269 Å². The van der Waals surface area contributed by atoms with Crippen LogP contribution in [-0.2, 0) is 19.2 Å². The minimum absolute atomic E-state index is 0.0574. The molecular formula is C38H30N2O7. The highest BCUT2D eigenvalue weighted by Gasteiger charge is 2.56. The van der Waals surface area contributed by atoms with Gasteiger partial charge in [0.15, 0.2) is 17.1 Å². The van der Waals surface area contributed by atoms with Gasteiger partial charge < -0.3 is 14.3 Å². The summed E-state index contributed by atoms with van der Waals surface area (Å²) in [6.07, 6.45) is 3.89. The Morgan fingerprint density at radius 1 is 0.936 bits per heavy atom. The molecule has 3 aromatic carbocycles. The molecule has 0 radical (unpaired) electrons. The number of oxazole rings is 1. The Hall–Kier alpha value is -5.41. The fourth-order valence-corrected chi connectivity index (χ4v) is 7.75. The molecule has 8 rings (SSSR count). The van der Waals surface area contributed by atoms with Gasteiger partial charge in [0.1, 0.15) is 17.9 Å². The maximum atomic E-state index is 14.3. The number of aliphatic hydroxyl groups is 1. The number of allylic oxidation sites excluding steroid dienone is 6. The summed E-state index contributed by atoms with van der Waals surface area (Å²) in [7, 11) is 0. The van der Waals surface area contributed by atoms with Gasteiger partial charge in [0.25, 0.3) is 0 Å². The molecule has 1 N–H and O–H groups in total. The van der Waals surface area contributed by atoms with E-state index in [1.807, 2.05) is 48.5 Å². The van der Waals surface area contributed by atoms with Crippen LogP contribution in [0.25, 0.3) is 22.6 Å². The molecule has 0 bridgehead atoms. The molecule has 1 saturated heterocycles. The lowest BCUT2D eigenvalue weighted by molar-refractivity contribution is -0.123. The van der Waals surface area contributed by atoms with Crippen LogP contribution in [0.1, 0.15) is 31.2 Å². The first kappa shape index (κ1) is 29.0. The van der Waals surface area contributed by atoms with Crippen LogP contribution in [0, 0.1) is 17.8 Å². The number of ether oxygens (including phenoxy) is 1. The average molecular weight is 627 g/mol. The van der Waals surface area contributed by atoms with Crippen LogP contribution in [0.5, 0.6) is 5.75 Å². The molecule has 1 fully saturated rings. The van der Waals surface area contributed by atoms with Crippen molar-refractivity contribution in [1.29, 1.82) is 0 Å². The number of nitrogens with zero attached hydrogens (tertiary/aromatic N) is 2. The molecule has 3 aliphatic carbocycles. The Kier molecular flexibility index (Phi) is 6.88. The summed E-state index contributed by atoms with van der Waals surface area (Å²) in [6, 6.07) is 21.8. The van der Waals surface area contributed by atoms with Crippen molar-refractivity contribution in [2.45, 2.75) is 25.7 Å². The zero-order valence-corrected chi connectivity index (χ0v) is 25.5. The maximum absolute atomic E-state index is 14.3. The molecule has 9 heteroatoms. The van der Waals surface area contributed by atoms with Gasteiger partial charge in [-0.15, -0.1) is 0 Å². The van der Waals surface area contributed by atoms with E-state index in [4.69, 9.17) is 9.15 Å². The number of para-hydroxylation sites is 3. The number of imide groups is 1. The number of benzene rings is 3. The van der Waals surface area contributed by atoms with Crippen molar-refractivity contribution in [1.82, 2.24) is 4.98 Å². The van der Waals surface area contributed by atoms with E-state index >= 15 is 0 Å². The molecule has 2 amide bonds. The minimum atomic E-state index is -0.699. The van der Waals surface area contributed by atoms with Crippen molar-refractivity contribution in [3.05, 3.63) is 113 Å². The SMILES string of the molecule is CC1=CC(=O)C2=C(CC3C(=CCC4C(=O)N(c5ccc(-c6nc7ccccc7o6)cc5)C(=O)C43)C2c2ccccc2OCCO)C1=O. The lowest BCUT2D eigenvalue weighted by Crippen LogP contribution is -2.40. The van der Waals surface area contributed by atoms with Crippen molar-refractivity contribution < 1.29 is 33.4 Å². The molecule has 9 nitrogen and oxygen atoms in total. The van der Waals surface area contributed by atoms with E-state index < -0.39 is 23.7 Å². The van der Waals surface area contributed by atoms with E-state index in [1.54, 1.807) is 37.3 Å².